The van der Waals surface area contributed by atoms with Crippen LogP contribution in [-0.2, 0) is 4.79 Å². The Morgan fingerprint density at radius 1 is 1.26 bits per heavy atom. The molecule has 0 fully saturated rings. The van der Waals surface area contributed by atoms with Crippen LogP contribution in [0.5, 0.6) is 0 Å². The molecule has 0 bridgehead atoms. The number of hydrogen-bond acceptors (Lipinski definition) is 1. The lowest BCUT2D eigenvalue weighted by Gasteiger charge is -2.07. The molecule has 0 spiro atoms. The van der Waals surface area contributed by atoms with Crippen molar-refractivity contribution < 1.29 is 18.0 Å². The van der Waals surface area contributed by atoms with Gasteiger partial charge in [0.25, 0.3) is 0 Å². The van der Waals surface area contributed by atoms with E-state index in [1.54, 1.807) is 17.4 Å². The number of halogens is 4. The topological polar surface area (TPSA) is 29.1 Å². The zero-order valence-electron chi connectivity index (χ0n) is 9.85. The maximum absolute atomic E-state index is 12.0. The first-order chi connectivity index (χ1) is 8.93. The fourth-order valence-corrected chi connectivity index (χ4v) is 1.29. The smallest absolute Gasteiger partial charge is 0.318 e. The highest BCUT2D eigenvalue weighted by Gasteiger charge is 2.38. The van der Waals surface area contributed by atoms with E-state index in [0.717, 1.165) is 6.42 Å². The zero-order chi connectivity index (χ0) is 14.3. The Morgan fingerprint density at radius 3 is 2.42 bits per heavy atom. The summed E-state index contributed by atoms with van der Waals surface area (Å²) in [5.41, 5.74) is 0.744. The predicted octanol–water partition coefficient (Wildman–Crippen LogP) is 3.56. The number of hydrogen-bond donors (Lipinski definition) is 1. The van der Waals surface area contributed by atoms with Crippen molar-refractivity contribution in [2.45, 2.75) is 19.0 Å². The Balaban J connectivity index is 2.61. The summed E-state index contributed by atoms with van der Waals surface area (Å²) in [4.78, 5) is 10.7. The van der Waals surface area contributed by atoms with Crippen LogP contribution in [0.4, 0.5) is 18.9 Å². The fourth-order valence-electron chi connectivity index (χ4n) is 1.16. The van der Waals surface area contributed by atoms with Gasteiger partial charge in [-0.05, 0) is 30.7 Å². The molecule has 1 N–H and O–H groups in total. The van der Waals surface area contributed by atoms with E-state index >= 15 is 0 Å². The molecule has 1 aromatic carbocycles. The van der Waals surface area contributed by atoms with Crippen LogP contribution in [0.25, 0.3) is 0 Å². The van der Waals surface area contributed by atoms with E-state index in [4.69, 9.17) is 11.6 Å². The van der Waals surface area contributed by atoms with Gasteiger partial charge in [-0.3, -0.25) is 4.79 Å². The van der Waals surface area contributed by atoms with E-state index in [2.05, 4.69) is 11.8 Å². The summed E-state index contributed by atoms with van der Waals surface area (Å²) in [7, 11) is 0. The highest BCUT2D eigenvalue weighted by molar-refractivity contribution is 6.17. The predicted molar refractivity (Wildman–Crippen MR) is 68.0 cm³/mol. The van der Waals surface area contributed by atoms with Crippen molar-refractivity contribution >= 4 is 23.2 Å². The van der Waals surface area contributed by atoms with Gasteiger partial charge in [0.15, 0.2) is 0 Å². The second-order valence-electron chi connectivity index (χ2n) is 3.62. The molecular formula is C13H11ClF3NO. The molecule has 0 saturated carbocycles. The third kappa shape index (κ3) is 5.66. The summed E-state index contributed by atoms with van der Waals surface area (Å²) >= 11 is 5.49. The van der Waals surface area contributed by atoms with Gasteiger partial charge in [-0.2, -0.15) is 13.2 Å². The lowest BCUT2D eigenvalue weighted by molar-refractivity contribution is -0.167. The minimum Gasteiger partial charge on any atom is -0.318 e. The van der Waals surface area contributed by atoms with Crippen LogP contribution in [0.3, 0.4) is 0 Å². The Kier molecular flexibility index (Phi) is 5.71. The van der Waals surface area contributed by atoms with Gasteiger partial charge in [-0.15, -0.1) is 11.6 Å². The van der Waals surface area contributed by atoms with Crippen molar-refractivity contribution in [2.75, 3.05) is 11.2 Å². The number of amides is 1. The third-order valence-electron chi connectivity index (χ3n) is 2.07. The van der Waals surface area contributed by atoms with E-state index in [0.29, 0.717) is 17.9 Å². The summed E-state index contributed by atoms with van der Waals surface area (Å²) < 4.78 is 36.0. The van der Waals surface area contributed by atoms with Crippen molar-refractivity contribution in [2.24, 2.45) is 0 Å². The van der Waals surface area contributed by atoms with E-state index in [1.807, 2.05) is 0 Å². The van der Waals surface area contributed by atoms with Crippen molar-refractivity contribution in [3.63, 3.8) is 0 Å². The molecule has 0 aliphatic carbocycles. The van der Waals surface area contributed by atoms with Gasteiger partial charge in [0.1, 0.15) is 0 Å². The van der Waals surface area contributed by atoms with Crippen LogP contribution in [0, 0.1) is 11.8 Å². The summed E-state index contributed by atoms with van der Waals surface area (Å²) in [6, 6.07) is 5.82. The Bertz CT molecular complexity index is 485. The van der Waals surface area contributed by atoms with Gasteiger partial charge in [0, 0.05) is 23.6 Å². The van der Waals surface area contributed by atoms with Gasteiger partial charge >= 0.3 is 12.1 Å². The van der Waals surface area contributed by atoms with Crippen molar-refractivity contribution in [3.8, 4) is 11.8 Å². The maximum atomic E-state index is 12.0. The molecule has 102 valence electrons. The molecule has 6 heteroatoms. The number of carbonyl (C=O) groups excluding carboxylic acids is 1. The average molecular weight is 290 g/mol. The molecule has 19 heavy (non-hydrogen) atoms. The molecule has 0 saturated heterocycles. The van der Waals surface area contributed by atoms with Gasteiger partial charge in [0.05, 0.1) is 0 Å². The van der Waals surface area contributed by atoms with E-state index in [1.165, 1.54) is 12.1 Å². The fraction of sp³-hybridized carbons (Fsp3) is 0.308. The number of nitrogens with one attached hydrogen (secondary N) is 1. The first kappa shape index (κ1) is 15.4. The molecule has 1 aromatic rings. The van der Waals surface area contributed by atoms with Gasteiger partial charge in [0.2, 0.25) is 0 Å². The second kappa shape index (κ2) is 7.05. The minimum atomic E-state index is -4.89. The molecule has 0 aliphatic heterocycles. The first-order valence-corrected chi connectivity index (χ1v) is 6.00. The lowest BCUT2D eigenvalue weighted by Crippen LogP contribution is -2.29. The van der Waals surface area contributed by atoms with Crippen LogP contribution in [0.2, 0.25) is 0 Å². The second-order valence-corrected chi connectivity index (χ2v) is 4.00. The van der Waals surface area contributed by atoms with Crippen LogP contribution >= 0.6 is 11.6 Å². The van der Waals surface area contributed by atoms with Crippen molar-refractivity contribution in [1.29, 1.82) is 0 Å². The lowest BCUT2D eigenvalue weighted by atomic mass is 10.2. The SMILES string of the molecule is O=C(Nc1ccc(C#CCCCCl)cc1)C(F)(F)F. The average Bonchev–Trinajstić information content (AvgIpc) is 2.35. The van der Waals surface area contributed by atoms with E-state index in [9.17, 15) is 18.0 Å². The van der Waals surface area contributed by atoms with Crippen LogP contribution < -0.4 is 5.32 Å². The van der Waals surface area contributed by atoms with Gasteiger partial charge < -0.3 is 5.32 Å². The monoisotopic (exact) mass is 289 g/mol. The van der Waals surface area contributed by atoms with Crippen LogP contribution in [0.15, 0.2) is 24.3 Å². The van der Waals surface area contributed by atoms with E-state index < -0.39 is 12.1 Å². The normalized spacial score (nSPS) is 10.5. The number of unbranched alkanes of at least 4 members (excludes halogenated alkanes) is 1. The van der Waals surface area contributed by atoms with Gasteiger partial charge in [-0.1, -0.05) is 11.8 Å². The molecule has 0 atom stereocenters. The summed E-state index contributed by atoms with van der Waals surface area (Å²) in [6.45, 7) is 0. The van der Waals surface area contributed by atoms with Crippen molar-refractivity contribution in [1.82, 2.24) is 0 Å². The largest absolute Gasteiger partial charge is 0.471 e. The number of anilines is 1. The molecular weight excluding hydrogens is 279 g/mol. The third-order valence-corrected chi connectivity index (χ3v) is 2.34. The van der Waals surface area contributed by atoms with Crippen LogP contribution in [0.1, 0.15) is 18.4 Å². The first-order valence-electron chi connectivity index (χ1n) is 5.46. The van der Waals surface area contributed by atoms with E-state index in [-0.39, 0.29) is 5.69 Å². The molecule has 0 heterocycles. The molecule has 0 unspecified atom stereocenters. The number of benzene rings is 1. The maximum Gasteiger partial charge on any atom is 0.471 e. The summed E-state index contributed by atoms with van der Waals surface area (Å²) in [5, 5.41) is 1.76. The molecule has 0 aliphatic rings. The summed E-state index contributed by atoms with van der Waals surface area (Å²) in [6.07, 6.45) is -3.44. The Morgan fingerprint density at radius 2 is 1.89 bits per heavy atom. The van der Waals surface area contributed by atoms with Gasteiger partial charge in [-0.25, -0.2) is 0 Å². The molecule has 1 rings (SSSR count). The minimum absolute atomic E-state index is 0.0774. The summed E-state index contributed by atoms with van der Waals surface area (Å²) in [5.74, 6) is 4.28. The highest BCUT2D eigenvalue weighted by atomic mass is 35.5. The van der Waals surface area contributed by atoms with Crippen molar-refractivity contribution in [3.05, 3.63) is 29.8 Å². The zero-order valence-corrected chi connectivity index (χ0v) is 10.6. The molecule has 2 nitrogen and oxygen atoms in total. The number of alkyl halides is 4. The van der Waals surface area contributed by atoms with Crippen LogP contribution in [-0.4, -0.2) is 18.0 Å². The standard InChI is InChI=1S/C13H11ClF3NO/c14-9-3-1-2-4-10-5-7-11(8-6-10)18-12(19)13(15,16)17/h5-8H,1,3,9H2,(H,18,19). The highest BCUT2D eigenvalue weighted by Crippen LogP contribution is 2.18. The number of rotatable bonds is 3. The number of carbonyl (C=O) groups is 1. The quantitative estimate of drug-likeness (QED) is 0.514. The Labute approximate surface area is 113 Å². The molecule has 0 aromatic heterocycles. The Hall–Kier alpha value is -1.67. The molecule has 0 radical (unpaired) electrons. The molecule has 1 amide bonds.